The van der Waals surface area contributed by atoms with Crippen LogP contribution in [0.1, 0.15) is 33.6 Å². The Bertz CT molecular complexity index is 95.6. The smallest absolute Gasteiger partial charge is 0.0569 e. The van der Waals surface area contributed by atoms with Gasteiger partial charge in [-0.2, -0.15) is 0 Å². The normalized spacial score (nSPS) is 19.4. The third-order valence-electron chi connectivity index (χ3n) is 2.37. The average Bonchev–Trinajstić information content (AvgIpc) is 2.02. The summed E-state index contributed by atoms with van der Waals surface area (Å²) in [5.74, 6) is 0.565. The average molecular weight is 159 g/mol. The quantitative estimate of drug-likeness (QED) is 0.663. The summed E-state index contributed by atoms with van der Waals surface area (Å²) in [5, 5.41) is 0. The highest BCUT2D eigenvalue weighted by atomic mass is 16.5. The number of nitrogens with two attached hydrogens (primary N) is 1. The largest absolute Gasteiger partial charge is 0.381 e. The van der Waals surface area contributed by atoms with Gasteiger partial charge in [0.2, 0.25) is 0 Å². The molecule has 0 heterocycles. The van der Waals surface area contributed by atoms with Gasteiger partial charge in [0.1, 0.15) is 0 Å². The molecule has 0 aromatic heterocycles. The van der Waals surface area contributed by atoms with Crippen LogP contribution in [-0.2, 0) is 4.74 Å². The summed E-state index contributed by atoms with van der Waals surface area (Å²) in [5.41, 5.74) is 5.81. The highest BCUT2D eigenvalue weighted by Crippen LogP contribution is 2.13. The van der Waals surface area contributed by atoms with Gasteiger partial charge in [-0.3, -0.25) is 0 Å². The zero-order valence-electron chi connectivity index (χ0n) is 8.13. The van der Waals surface area contributed by atoms with Gasteiger partial charge in [-0.15, -0.1) is 0 Å². The fraction of sp³-hybridized carbons (Fsp3) is 1.00. The van der Waals surface area contributed by atoms with Gasteiger partial charge < -0.3 is 10.5 Å². The van der Waals surface area contributed by atoms with Crippen molar-refractivity contribution in [3.63, 3.8) is 0 Å². The first-order chi connectivity index (χ1) is 5.11. The van der Waals surface area contributed by atoms with Crippen LogP contribution in [0.2, 0.25) is 0 Å². The molecule has 0 aliphatic carbocycles. The minimum atomic E-state index is 0.326. The molecule has 68 valence electrons. The molecule has 0 aliphatic rings. The van der Waals surface area contributed by atoms with Crippen molar-refractivity contribution in [2.75, 3.05) is 7.11 Å². The Morgan fingerprint density at radius 2 is 1.91 bits per heavy atom. The van der Waals surface area contributed by atoms with E-state index < -0.39 is 0 Å². The van der Waals surface area contributed by atoms with E-state index in [1.807, 2.05) is 0 Å². The zero-order valence-corrected chi connectivity index (χ0v) is 8.13. The van der Waals surface area contributed by atoms with Crippen LogP contribution in [-0.4, -0.2) is 19.3 Å². The summed E-state index contributed by atoms with van der Waals surface area (Å²) in [6, 6.07) is 0.336. The van der Waals surface area contributed by atoms with Crippen LogP contribution in [0.5, 0.6) is 0 Å². The number of rotatable bonds is 5. The molecule has 2 nitrogen and oxygen atoms in total. The molecule has 3 unspecified atom stereocenters. The maximum absolute atomic E-state index is 5.81. The lowest BCUT2D eigenvalue weighted by Crippen LogP contribution is -2.27. The monoisotopic (exact) mass is 159 g/mol. The van der Waals surface area contributed by atoms with Gasteiger partial charge in [0.05, 0.1) is 6.10 Å². The number of ether oxygens (including phenoxy) is 1. The predicted molar refractivity (Wildman–Crippen MR) is 48.5 cm³/mol. The summed E-state index contributed by atoms with van der Waals surface area (Å²) in [6.07, 6.45) is 2.44. The molecule has 11 heavy (non-hydrogen) atoms. The molecule has 0 aromatic carbocycles. The van der Waals surface area contributed by atoms with E-state index in [2.05, 4.69) is 20.8 Å². The molecule has 0 bridgehead atoms. The van der Waals surface area contributed by atoms with E-state index in [0.29, 0.717) is 18.1 Å². The van der Waals surface area contributed by atoms with Crippen LogP contribution >= 0.6 is 0 Å². The van der Waals surface area contributed by atoms with Gasteiger partial charge in [-0.05, 0) is 25.7 Å². The lowest BCUT2D eigenvalue weighted by Gasteiger charge is -2.21. The molecular formula is C9H21NO. The topological polar surface area (TPSA) is 35.2 Å². The molecule has 0 aromatic rings. The Morgan fingerprint density at radius 3 is 2.27 bits per heavy atom. The molecule has 2 heteroatoms. The molecule has 0 fully saturated rings. The van der Waals surface area contributed by atoms with Crippen LogP contribution in [0.25, 0.3) is 0 Å². The molecule has 0 rings (SSSR count). The Balaban J connectivity index is 3.58. The first-order valence-corrected chi connectivity index (χ1v) is 4.40. The van der Waals surface area contributed by atoms with E-state index in [4.69, 9.17) is 10.5 Å². The second kappa shape index (κ2) is 5.56. The summed E-state index contributed by atoms with van der Waals surface area (Å²) in [4.78, 5) is 0. The number of methoxy groups -OCH3 is 1. The molecule has 2 N–H and O–H groups in total. The maximum atomic E-state index is 5.81. The van der Waals surface area contributed by atoms with Crippen molar-refractivity contribution in [3.05, 3.63) is 0 Å². The highest BCUT2D eigenvalue weighted by molar-refractivity contribution is 4.68. The van der Waals surface area contributed by atoms with Gasteiger partial charge in [0.25, 0.3) is 0 Å². The standard InChI is InChI=1S/C9H21NO/c1-5-9(10)6-7(2)8(3)11-4/h7-9H,5-6,10H2,1-4H3. The second-order valence-electron chi connectivity index (χ2n) is 3.32. The molecule has 0 amide bonds. The second-order valence-corrected chi connectivity index (χ2v) is 3.32. The van der Waals surface area contributed by atoms with Crippen molar-refractivity contribution in [2.45, 2.75) is 45.8 Å². The van der Waals surface area contributed by atoms with E-state index in [9.17, 15) is 0 Å². The molecular weight excluding hydrogens is 138 g/mol. The van der Waals surface area contributed by atoms with Crippen LogP contribution in [0.3, 0.4) is 0 Å². The van der Waals surface area contributed by atoms with Crippen LogP contribution in [0.15, 0.2) is 0 Å². The van der Waals surface area contributed by atoms with Gasteiger partial charge in [-0.1, -0.05) is 13.8 Å². The summed E-state index contributed by atoms with van der Waals surface area (Å²) >= 11 is 0. The maximum Gasteiger partial charge on any atom is 0.0569 e. The fourth-order valence-electron chi connectivity index (χ4n) is 1.07. The van der Waals surface area contributed by atoms with Crippen LogP contribution in [0.4, 0.5) is 0 Å². The molecule has 3 atom stereocenters. The third-order valence-corrected chi connectivity index (χ3v) is 2.37. The third kappa shape index (κ3) is 4.38. The zero-order chi connectivity index (χ0) is 8.85. The summed E-state index contributed by atoms with van der Waals surface area (Å²) in [7, 11) is 1.75. The van der Waals surface area contributed by atoms with E-state index in [1.165, 1.54) is 0 Å². The van der Waals surface area contributed by atoms with Gasteiger partial charge in [0, 0.05) is 13.2 Å². The van der Waals surface area contributed by atoms with Crippen molar-refractivity contribution in [1.82, 2.24) is 0 Å². The lowest BCUT2D eigenvalue weighted by molar-refractivity contribution is 0.0675. The van der Waals surface area contributed by atoms with Crippen LogP contribution < -0.4 is 5.73 Å². The first kappa shape index (κ1) is 10.9. The van der Waals surface area contributed by atoms with Crippen molar-refractivity contribution in [3.8, 4) is 0 Å². The van der Waals surface area contributed by atoms with Crippen molar-refractivity contribution >= 4 is 0 Å². The van der Waals surface area contributed by atoms with Gasteiger partial charge >= 0.3 is 0 Å². The molecule has 0 spiro atoms. The van der Waals surface area contributed by atoms with E-state index in [1.54, 1.807) is 7.11 Å². The van der Waals surface area contributed by atoms with Crippen molar-refractivity contribution in [2.24, 2.45) is 11.7 Å². The van der Waals surface area contributed by atoms with E-state index in [-0.39, 0.29) is 0 Å². The summed E-state index contributed by atoms with van der Waals surface area (Å²) < 4.78 is 5.20. The molecule has 0 radical (unpaired) electrons. The summed E-state index contributed by atoms with van der Waals surface area (Å²) in [6.45, 7) is 6.39. The Hall–Kier alpha value is -0.0800. The highest BCUT2D eigenvalue weighted by Gasteiger charge is 2.13. The van der Waals surface area contributed by atoms with Gasteiger partial charge in [0.15, 0.2) is 0 Å². The SMILES string of the molecule is CCC(N)CC(C)C(C)OC. The van der Waals surface area contributed by atoms with E-state index >= 15 is 0 Å². The Morgan fingerprint density at radius 1 is 1.36 bits per heavy atom. The van der Waals surface area contributed by atoms with Crippen molar-refractivity contribution < 1.29 is 4.74 Å². The molecule has 0 saturated carbocycles. The molecule has 0 saturated heterocycles. The molecule has 0 aliphatic heterocycles. The van der Waals surface area contributed by atoms with E-state index in [0.717, 1.165) is 12.8 Å². The fourth-order valence-corrected chi connectivity index (χ4v) is 1.07. The number of hydrogen-bond donors (Lipinski definition) is 1. The Kier molecular flexibility index (Phi) is 5.51. The first-order valence-electron chi connectivity index (χ1n) is 4.40. The lowest BCUT2D eigenvalue weighted by atomic mass is 9.96. The van der Waals surface area contributed by atoms with Crippen molar-refractivity contribution in [1.29, 1.82) is 0 Å². The minimum absolute atomic E-state index is 0.326. The Labute approximate surface area is 70.1 Å². The van der Waals surface area contributed by atoms with Crippen LogP contribution in [0, 0.1) is 5.92 Å². The minimum Gasteiger partial charge on any atom is -0.381 e. The van der Waals surface area contributed by atoms with Gasteiger partial charge in [-0.25, -0.2) is 0 Å². The predicted octanol–water partition coefficient (Wildman–Crippen LogP) is 1.78. The number of hydrogen-bond acceptors (Lipinski definition) is 2.